The van der Waals surface area contributed by atoms with E-state index in [1.807, 2.05) is 0 Å². The summed E-state index contributed by atoms with van der Waals surface area (Å²) < 4.78 is 38.0. The summed E-state index contributed by atoms with van der Waals surface area (Å²) in [6, 6.07) is 1.48. The van der Waals surface area contributed by atoms with Crippen molar-refractivity contribution in [3.8, 4) is 0 Å². The average Bonchev–Trinajstić information content (AvgIpc) is 2.09. The largest absolute Gasteiger partial charge is 0.207 e. The van der Waals surface area contributed by atoms with Crippen LogP contribution in [0.15, 0.2) is 12.1 Å². The van der Waals surface area contributed by atoms with E-state index in [9.17, 15) is 13.2 Å². The molecule has 0 atom stereocenters. The third-order valence-corrected chi connectivity index (χ3v) is 1.79. The molecule has 0 bridgehead atoms. The first kappa shape index (κ1) is 10.1. The third kappa shape index (κ3) is 2.47. The highest BCUT2D eigenvalue weighted by Crippen LogP contribution is 2.15. The van der Waals surface area contributed by atoms with Crippen LogP contribution in [0, 0.1) is 24.4 Å². The maximum absolute atomic E-state index is 12.9. The van der Waals surface area contributed by atoms with Gasteiger partial charge in [-0.2, -0.15) is 0 Å². The van der Waals surface area contributed by atoms with Crippen molar-refractivity contribution in [2.45, 2.75) is 19.3 Å². The smallest absolute Gasteiger partial charge is 0.161 e. The van der Waals surface area contributed by atoms with Crippen molar-refractivity contribution in [3.05, 3.63) is 42.1 Å². The van der Waals surface area contributed by atoms with E-state index >= 15 is 0 Å². The first-order valence-corrected chi connectivity index (χ1v) is 4.08. The third-order valence-electron chi connectivity index (χ3n) is 1.79. The molecule has 13 heavy (non-hydrogen) atoms. The fraction of sp³-hybridized carbons (Fsp3) is 0.300. The topological polar surface area (TPSA) is 0 Å². The molecule has 0 saturated carbocycles. The Morgan fingerprint density at radius 2 is 1.62 bits per heavy atom. The van der Waals surface area contributed by atoms with E-state index in [4.69, 9.17) is 0 Å². The van der Waals surface area contributed by atoms with E-state index in [1.165, 1.54) is 0 Å². The zero-order chi connectivity index (χ0) is 9.84. The van der Waals surface area contributed by atoms with Gasteiger partial charge in [-0.05, 0) is 24.5 Å². The molecule has 0 unspecified atom stereocenters. The van der Waals surface area contributed by atoms with Crippen LogP contribution in [0.1, 0.15) is 18.4 Å². The molecule has 3 heteroatoms. The van der Waals surface area contributed by atoms with Gasteiger partial charge in [-0.25, -0.2) is 13.2 Å². The van der Waals surface area contributed by atoms with Crippen LogP contribution in [-0.2, 0) is 6.42 Å². The number of benzene rings is 1. The highest BCUT2D eigenvalue weighted by Gasteiger charge is 2.08. The maximum Gasteiger partial charge on any atom is 0.161 e. The summed E-state index contributed by atoms with van der Waals surface area (Å²) in [5, 5.41) is 0. The minimum atomic E-state index is -1.14. The Kier molecular flexibility index (Phi) is 3.34. The molecule has 0 fully saturated rings. The standard InChI is InChI=1S/C10H10F3/c1-2-3-4-7-5-9(12)10(13)6-8(7)11/h5-6H,1-4H2. The maximum atomic E-state index is 12.9. The van der Waals surface area contributed by atoms with Crippen LogP contribution in [0.5, 0.6) is 0 Å². The van der Waals surface area contributed by atoms with E-state index in [0.29, 0.717) is 25.3 Å². The van der Waals surface area contributed by atoms with Crippen LogP contribution in [0.25, 0.3) is 0 Å². The fourth-order valence-corrected chi connectivity index (χ4v) is 1.07. The molecule has 0 N–H and O–H groups in total. The lowest BCUT2D eigenvalue weighted by Crippen LogP contribution is -1.95. The Labute approximate surface area is 75.4 Å². The first-order valence-electron chi connectivity index (χ1n) is 4.08. The lowest BCUT2D eigenvalue weighted by molar-refractivity contribution is 0.489. The highest BCUT2D eigenvalue weighted by molar-refractivity contribution is 5.20. The number of halogens is 3. The van der Waals surface area contributed by atoms with Crippen molar-refractivity contribution in [2.75, 3.05) is 0 Å². The van der Waals surface area contributed by atoms with E-state index in [-0.39, 0.29) is 5.56 Å². The van der Waals surface area contributed by atoms with Gasteiger partial charge in [0.1, 0.15) is 5.82 Å². The van der Waals surface area contributed by atoms with Gasteiger partial charge >= 0.3 is 0 Å². The molecule has 1 aromatic carbocycles. The summed E-state index contributed by atoms with van der Waals surface area (Å²) >= 11 is 0. The van der Waals surface area contributed by atoms with Crippen LogP contribution in [0.3, 0.4) is 0 Å². The molecule has 71 valence electrons. The predicted molar refractivity (Wildman–Crippen MR) is 44.6 cm³/mol. The van der Waals surface area contributed by atoms with Crippen molar-refractivity contribution < 1.29 is 13.2 Å². The summed E-state index contributed by atoms with van der Waals surface area (Å²) in [4.78, 5) is 0. The molecule has 0 aliphatic heterocycles. The molecule has 0 aliphatic rings. The van der Waals surface area contributed by atoms with E-state index < -0.39 is 17.5 Å². The molecule has 0 nitrogen and oxygen atoms in total. The zero-order valence-electron chi connectivity index (χ0n) is 7.12. The Morgan fingerprint density at radius 3 is 2.23 bits per heavy atom. The Hall–Kier alpha value is -0.990. The Balaban J connectivity index is 2.88. The second-order valence-electron chi connectivity index (χ2n) is 2.81. The van der Waals surface area contributed by atoms with Gasteiger partial charge in [0, 0.05) is 6.07 Å². The van der Waals surface area contributed by atoms with Gasteiger partial charge < -0.3 is 0 Å². The van der Waals surface area contributed by atoms with E-state index in [1.54, 1.807) is 0 Å². The van der Waals surface area contributed by atoms with Gasteiger partial charge in [0.05, 0.1) is 0 Å². The lowest BCUT2D eigenvalue weighted by atomic mass is 10.1. The van der Waals surface area contributed by atoms with Gasteiger partial charge in [-0.1, -0.05) is 13.3 Å². The molecule has 0 saturated heterocycles. The number of rotatable bonds is 3. The number of unbranched alkanes of at least 4 members (excludes halogenated alkanes) is 1. The molecule has 1 rings (SSSR count). The van der Waals surface area contributed by atoms with Gasteiger partial charge in [-0.15, -0.1) is 0 Å². The molecule has 0 aliphatic carbocycles. The average molecular weight is 187 g/mol. The van der Waals surface area contributed by atoms with Crippen LogP contribution >= 0.6 is 0 Å². The summed E-state index contributed by atoms with van der Waals surface area (Å²) in [7, 11) is 0. The van der Waals surface area contributed by atoms with Crippen LogP contribution in [-0.4, -0.2) is 0 Å². The minimum absolute atomic E-state index is 0.211. The molecular formula is C10H10F3. The van der Waals surface area contributed by atoms with Crippen molar-refractivity contribution in [1.82, 2.24) is 0 Å². The summed E-state index contributed by atoms with van der Waals surface area (Å²) in [6.45, 7) is 3.58. The predicted octanol–water partition coefficient (Wildman–Crippen LogP) is 3.26. The highest BCUT2D eigenvalue weighted by atomic mass is 19.2. The monoisotopic (exact) mass is 187 g/mol. The quantitative estimate of drug-likeness (QED) is 0.637. The molecule has 0 aromatic heterocycles. The minimum Gasteiger partial charge on any atom is -0.207 e. The molecule has 0 spiro atoms. The molecule has 1 aromatic rings. The summed E-state index contributed by atoms with van der Waals surface area (Å²) in [5.41, 5.74) is 0.211. The zero-order valence-corrected chi connectivity index (χ0v) is 7.12. The normalized spacial score (nSPS) is 10.5. The lowest BCUT2D eigenvalue weighted by Gasteiger charge is -2.02. The Morgan fingerprint density at radius 1 is 1.00 bits per heavy atom. The van der Waals surface area contributed by atoms with Crippen LogP contribution in [0.4, 0.5) is 13.2 Å². The summed E-state index contributed by atoms with van der Waals surface area (Å²) in [6.07, 6.45) is 1.72. The number of hydrogen-bond donors (Lipinski definition) is 0. The second kappa shape index (κ2) is 4.30. The SMILES string of the molecule is [CH2]CCCc1cc(F)c(F)cc1F. The van der Waals surface area contributed by atoms with Crippen LogP contribution < -0.4 is 0 Å². The van der Waals surface area contributed by atoms with Gasteiger partial charge in [-0.3, -0.25) is 0 Å². The van der Waals surface area contributed by atoms with E-state index in [2.05, 4.69) is 6.92 Å². The molecule has 1 radical (unpaired) electrons. The number of hydrogen-bond acceptors (Lipinski definition) is 0. The van der Waals surface area contributed by atoms with Crippen LogP contribution in [0.2, 0.25) is 0 Å². The molecule has 0 heterocycles. The number of aryl methyl sites for hydroxylation is 1. The second-order valence-corrected chi connectivity index (χ2v) is 2.81. The van der Waals surface area contributed by atoms with Crippen molar-refractivity contribution >= 4 is 0 Å². The van der Waals surface area contributed by atoms with Crippen molar-refractivity contribution in [2.24, 2.45) is 0 Å². The van der Waals surface area contributed by atoms with Gasteiger partial charge in [0.15, 0.2) is 11.6 Å². The first-order chi connectivity index (χ1) is 6.15. The summed E-state index contributed by atoms with van der Waals surface area (Å²) in [5.74, 6) is -2.83. The molecular weight excluding hydrogens is 177 g/mol. The molecule has 0 amide bonds. The van der Waals surface area contributed by atoms with Crippen molar-refractivity contribution in [1.29, 1.82) is 0 Å². The fourth-order valence-electron chi connectivity index (χ4n) is 1.07. The van der Waals surface area contributed by atoms with Gasteiger partial charge in [0.25, 0.3) is 0 Å². The van der Waals surface area contributed by atoms with E-state index in [0.717, 1.165) is 6.07 Å². The van der Waals surface area contributed by atoms with Gasteiger partial charge in [0.2, 0.25) is 0 Å². The van der Waals surface area contributed by atoms with Crippen molar-refractivity contribution in [3.63, 3.8) is 0 Å². The Bertz CT molecular complexity index is 294.